The van der Waals surface area contributed by atoms with Crippen LogP contribution in [0.1, 0.15) is 45.7 Å². The van der Waals surface area contributed by atoms with Crippen LogP contribution in [0.3, 0.4) is 0 Å². The molecule has 3 unspecified atom stereocenters. The number of rotatable bonds is 4. The molecule has 1 aromatic rings. The Morgan fingerprint density at radius 2 is 2.10 bits per heavy atom. The van der Waals surface area contributed by atoms with Crippen LogP contribution in [0, 0.1) is 11.8 Å². The Balaban J connectivity index is 2.26. The van der Waals surface area contributed by atoms with E-state index in [-0.39, 0.29) is 0 Å². The molecule has 20 heavy (non-hydrogen) atoms. The van der Waals surface area contributed by atoms with Crippen molar-refractivity contribution in [2.75, 3.05) is 24.5 Å². The Morgan fingerprint density at radius 1 is 1.35 bits per heavy atom. The molecular formula is C17H27BrN2. The van der Waals surface area contributed by atoms with Crippen LogP contribution < -0.4 is 10.2 Å². The number of benzene rings is 1. The Morgan fingerprint density at radius 3 is 2.75 bits per heavy atom. The Labute approximate surface area is 132 Å². The highest BCUT2D eigenvalue weighted by Gasteiger charge is 2.25. The molecule has 1 fully saturated rings. The largest absolute Gasteiger partial charge is 0.371 e. The zero-order valence-electron chi connectivity index (χ0n) is 13.1. The Hall–Kier alpha value is -0.540. The van der Waals surface area contributed by atoms with Crippen LogP contribution in [0.25, 0.3) is 0 Å². The lowest BCUT2D eigenvalue weighted by atomic mass is 9.88. The lowest BCUT2D eigenvalue weighted by Crippen LogP contribution is -2.39. The van der Waals surface area contributed by atoms with Gasteiger partial charge in [-0.2, -0.15) is 0 Å². The molecule has 0 aromatic heterocycles. The molecule has 112 valence electrons. The van der Waals surface area contributed by atoms with Gasteiger partial charge in [-0.25, -0.2) is 0 Å². The van der Waals surface area contributed by atoms with Gasteiger partial charge in [-0.05, 0) is 55.5 Å². The number of nitrogens with one attached hydrogen (secondary N) is 1. The fourth-order valence-electron chi connectivity index (χ4n) is 3.06. The molecule has 0 bridgehead atoms. The molecule has 0 spiro atoms. The van der Waals surface area contributed by atoms with Crippen LogP contribution in [0.4, 0.5) is 5.69 Å². The molecule has 0 radical (unpaired) electrons. The summed E-state index contributed by atoms with van der Waals surface area (Å²) in [6.45, 7) is 12.5. The molecule has 3 heteroatoms. The number of anilines is 1. The molecule has 3 atom stereocenters. The number of hydrogen-bond acceptors (Lipinski definition) is 2. The first-order chi connectivity index (χ1) is 9.52. The van der Waals surface area contributed by atoms with Crippen LogP contribution >= 0.6 is 15.9 Å². The molecule has 2 nitrogen and oxygen atoms in total. The lowest BCUT2D eigenvalue weighted by molar-refractivity contribution is 0.323. The molecule has 1 aliphatic rings. The Kier molecular flexibility index (Phi) is 5.50. The van der Waals surface area contributed by atoms with Crippen molar-refractivity contribution in [3.05, 3.63) is 28.2 Å². The van der Waals surface area contributed by atoms with Crippen LogP contribution in [-0.2, 0) is 0 Å². The topological polar surface area (TPSA) is 15.3 Å². The summed E-state index contributed by atoms with van der Waals surface area (Å²) in [6.07, 6.45) is 1.30. The normalized spacial score (nSPS) is 24.8. The van der Waals surface area contributed by atoms with Crippen molar-refractivity contribution >= 4 is 21.6 Å². The van der Waals surface area contributed by atoms with Gasteiger partial charge in [0, 0.05) is 29.3 Å². The van der Waals surface area contributed by atoms with Crippen LogP contribution in [0.15, 0.2) is 22.7 Å². The van der Waals surface area contributed by atoms with Gasteiger partial charge >= 0.3 is 0 Å². The van der Waals surface area contributed by atoms with Gasteiger partial charge in [0.2, 0.25) is 0 Å². The van der Waals surface area contributed by atoms with Crippen LogP contribution in [0.5, 0.6) is 0 Å². The molecule has 1 aliphatic heterocycles. The third-order valence-corrected chi connectivity index (χ3v) is 5.13. The first kappa shape index (κ1) is 15.8. The average Bonchev–Trinajstić information content (AvgIpc) is 2.42. The summed E-state index contributed by atoms with van der Waals surface area (Å²) in [5, 5.41) is 3.54. The van der Waals surface area contributed by atoms with E-state index in [0.717, 1.165) is 18.4 Å². The predicted octanol–water partition coefficient (Wildman–Crippen LogP) is 4.60. The lowest BCUT2D eigenvalue weighted by Gasteiger charge is -2.38. The Bertz CT molecular complexity index is 447. The van der Waals surface area contributed by atoms with E-state index in [2.05, 4.69) is 72.0 Å². The van der Waals surface area contributed by atoms with E-state index in [4.69, 9.17) is 0 Å². The molecule has 0 aliphatic carbocycles. The van der Waals surface area contributed by atoms with Gasteiger partial charge in [0.05, 0.1) is 0 Å². The predicted molar refractivity (Wildman–Crippen MR) is 91.4 cm³/mol. The first-order valence-electron chi connectivity index (χ1n) is 7.80. The van der Waals surface area contributed by atoms with Crippen LogP contribution in [-0.4, -0.2) is 19.6 Å². The number of nitrogens with zero attached hydrogens (tertiary/aromatic N) is 1. The maximum absolute atomic E-state index is 3.61. The summed E-state index contributed by atoms with van der Waals surface area (Å²) in [6, 6.07) is 7.10. The van der Waals surface area contributed by atoms with Crippen molar-refractivity contribution in [3.63, 3.8) is 0 Å². The summed E-state index contributed by atoms with van der Waals surface area (Å²) < 4.78 is 1.17. The van der Waals surface area contributed by atoms with Gasteiger partial charge in [0.25, 0.3) is 0 Å². The van der Waals surface area contributed by atoms with Gasteiger partial charge < -0.3 is 10.2 Å². The summed E-state index contributed by atoms with van der Waals surface area (Å²) >= 11 is 3.61. The molecule has 1 N–H and O–H groups in total. The third-order valence-electron chi connectivity index (χ3n) is 4.64. The summed E-state index contributed by atoms with van der Waals surface area (Å²) in [7, 11) is 0. The fourth-order valence-corrected chi connectivity index (χ4v) is 3.44. The highest BCUT2D eigenvalue weighted by molar-refractivity contribution is 9.10. The van der Waals surface area contributed by atoms with E-state index >= 15 is 0 Å². The summed E-state index contributed by atoms with van der Waals surface area (Å²) in [5.41, 5.74) is 2.81. The molecular weight excluding hydrogens is 312 g/mol. The van der Waals surface area contributed by atoms with Gasteiger partial charge in [0.1, 0.15) is 0 Å². The van der Waals surface area contributed by atoms with E-state index < -0.39 is 0 Å². The second kappa shape index (κ2) is 6.95. The minimum Gasteiger partial charge on any atom is -0.371 e. The highest BCUT2D eigenvalue weighted by Crippen LogP contribution is 2.33. The molecule has 0 amide bonds. The fraction of sp³-hybridized carbons (Fsp3) is 0.647. The maximum atomic E-state index is 3.61. The zero-order valence-corrected chi connectivity index (χ0v) is 14.7. The van der Waals surface area contributed by atoms with Gasteiger partial charge in [-0.15, -0.1) is 0 Å². The standard InChI is InChI=1S/C17H27BrN2/c1-5-19-14(4)16-10-15(18)6-7-17(16)20-9-8-12(2)13(3)11-20/h6-7,10,12-14,19H,5,8-9,11H2,1-4H3. The number of piperidine rings is 1. The van der Waals surface area contributed by atoms with Crippen molar-refractivity contribution in [3.8, 4) is 0 Å². The molecule has 1 aromatic carbocycles. The van der Waals surface area contributed by atoms with E-state index in [0.29, 0.717) is 6.04 Å². The molecule has 2 rings (SSSR count). The van der Waals surface area contributed by atoms with Crippen molar-refractivity contribution in [2.24, 2.45) is 11.8 Å². The van der Waals surface area contributed by atoms with Crippen molar-refractivity contribution in [2.45, 2.75) is 40.2 Å². The molecule has 0 saturated carbocycles. The third kappa shape index (κ3) is 3.56. The molecule has 1 heterocycles. The van der Waals surface area contributed by atoms with Crippen molar-refractivity contribution < 1.29 is 0 Å². The minimum atomic E-state index is 0.391. The second-order valence-corrected chi connectivity index (χ2v) is 7.09. The first-order valence-corrected chi connectivity index (χ1v) is 8.60. The van der Waals surface area contributed by atoms with E-state index in [1.54, 1.807) is 0 Å². The van der Waals surface area contributed by atoms with Crippen molar-refractivity contribution in [1.82, 2.24) is 5.32 Å². The van der Waals surface area contributed by atoms with E-state index in [9.17, 15) is 0 Å². The quantitative estimate of drug-likeness (QED) is 0.862. The van der Waals surface area contributed by atoms with Gasteiger partial charge in [-0.3, -0.25) is 0 Å². The highest BCUT2D eigenvalue weighted by atomic mass is 79.9. The van der Waals surface area contributed by atoms with Gasteiger partial charge in [-0.1, -0.05) is 36.7 Å². The summed E-state index contributed by atoms with van der Waals surface area (Å²) in [4.78, 5) is 2.57. The molecule has 1 saturated heterocycles. The van der Waals surface area contributed by atoms with E-state index in [1.807, 2.05) is 0 Å². The van der Waals surface area contributed by atoms with Crippen LogP contribution in [0.2, 0.25) is 0 Å². The van der Waals surface area contributed by atoms with Crippen molar-refractivity contribution in [1.29, 1.82) is 0 Å². The SMILES string of the molecule is CCNC(C)c1cc(Br)ccc1N1CCC(C)C(C)C1. The van der Waals surface area contributed by atoms with Gasteiger partial charge in [0.15, 0.2) is 0 Å². The van der Waals surface area contributed by atoms with E-state index in [1.165, 1.54) is 35.2 Å². The number of halogens is 1. The maximum Gasteiger partial charge on any atom is 0.0415 e. The minimum absolute atomic E-state index is 0.391. The summed E-state index contributed by atoms with van der Waals surface area (Å²) in [5.74, 6) is 1.62. The average molecular weight is 339 g/mol. The zero-order chi connectivity index (χ0) is 14.7. The second-order valence-electron chi connectivity index (χ2n) is 6.17. The number of hydrogen-bond donors (Lipinski definition) is 1. The smallest absolute Gasteiger partial charge is 0.0415 e. The monoisotopic (exact) mass is 338 g/mol.